The third kappa shape index (κ3) is 24.1. The van der Waals surface area contributed by atoms with Gasteiger partial charge in [-0.1, -0.05) is 142 Å². The molecule has 1 rings (SSSR count). The summed E-state index contributed by atoms with van der Waals surface area (Å²) in [7, 11) is -5.05. The zero-order chi connectivity index (χ0) is 36.2. The lowest BCUT2D eigenvalue weighted by molar-refractivity contribution is -0.301. The molecule has 0 radical (unpaired) electrons. The number of carbonyl (C=O) groups is 1. The Morgan fingerprint density at radius 3 is 1.63 bits per heavy atom. The van der Waals surface area contributed by atoms with Gasteiger partial charge in [0.1, 0.15) is 30.5 Å². The Balaban J connectivity index is 2.49. The van der Waals surface area contributed by atoms with E-state index in [1.807, 2.05) is 0 Å². The topological polar surface area (TPSA) is 178 Å². The van der Waals surface area contributed by atoms with E-state index >= 15 is 0 Å². The van der Waals surface area contributed by atoms with Crippen molar-refractivity contribution in [2.45, 2.75) is 198 Å². The number of unbranched alkanes of at least 4 members (excludes halogenated alkanes) is 20. The van der Waals surface area contributed by atoms with Crippen molar-refractivity contribution in [2.24, 2.45) is 0 Å². The highest BCUT2D eigenvalue weighted by Crippen LogP contribution is 2.26. The van der Waals surface area contributed by atoms with Gasteiger partial charge < -0.3 is 34.3 Å². The second-order valence-electron chi connectivity index (χ2n) is 13.5. The van der Waals surface area contributed by atoms with Crippen molar-refractivity contribution in [3.63, 3.8) is 0 Å². The van der Waals surface area contributed by atoms with E-state index in [4.69, 9.17) is 23.5 Å². The van der Waals surface area contributed by atoms with Crippen LogP contribution in [0.1, 0.15) is 162 Å². The minimum atomic E-state index is -5.05. The summed E-state index contributed by atoms with van der Waals surface area (Å²) >= 11 is 0. The summed E-state index contributed by atoms with van der Waals surface area (Å²) in [5.74, 6) is -0.401. The van der Waals surface area contributed by atoms with Crippen LogP contribution in [0.4, 0.5) is 0 Å². The van der Waals surface area contributed by atoms with Gasteiger partial charge in [-0.05, 0) is 12.8 Å². The Hall–Kier alpha value is -0.900. The molecule has 0 spiro atoms. The zero-order valence-corrected chi connectivity index (χ0v) is 31.3. The Bertz CT molecular complexity index is 889. The lowest BCUT2D eigenvalue weighted by atomic mass is 9.99. The van der Waals surface area contributed by atoms with Crippen LogP contribution in [0.15, 0.2) is 0 Å². The van der Waals surface area contributed by atoms with Crippen LogP contribution < -0.4 is 0 Å². The molecule has 1 fully saturated rings. The Labute approximate surface area is 296 Å². The van der Waals surface area contributed by atoms with Gasteiger partial charge in [-0.15, -0.1) is 0 Å². The maximum atomic E-state index is 12.7. The molecule has 1 heterocycles. The van der Waals surface area contributed by atoms with Crippen LogP contribution in [0.3, 0.4) is 0 Å². The van der Waals surface area contributed by atoms with E-state index < -0.39 is 59.8 Å². The van der Waals surface area contributed by atoms with Crippen molar-refractivity contribution in [3.05, 3.63) is 0 Å². The van der Waals surface area contributed by atoms with Crippen molar-refractivity contribution >= 4 is 16.4 Å². The van der Waals surface area contributed by atoms with Gasteiger partial charge in [0.05, 0.1) is 19.8 Å². The van der Waals surface area contributed by atoms with Crippen LogP contribution in [0.2, 0.25) is 0 Å². The van der Waals surface area contributed by atoms with Gasteiger partial charge >= 0.3 is 16.4 Å². The minimum absolute atomic E-state index is 0.0432. The van der Waals surface area contributed by atoms with Crippen LogP contribution in [-0.4, -0.2) is 97.5 Å². The van der Waals surface area contributed by atoms with E-state index in [1.54, 1.807) is 0 Å². The molecule has 12 nitrogen and oxygen atoms in total. The molecule has 49 heavy (non-hydrogen) atoms. The normalized spacial score (nSPS) is 22.0. The highest BCUT2D eigenvalue weighted by molar-refractivity contribution is 7.80. The lowest BCUT2D eigenvalue weighted by Crippen LogP contribution is -2.60. The highest BCUT2D eigenvalue weighted by atomic mass is 32.3. The third-order valence-corrected chi connectivity index (χ3v) is 9.44. The maximum Gasteiger partial charge on any atom is 0.397 e. The van der Waals surface area contributed by atoms with Gasteiger partial charge in [-0.3, -0.25) is 9.35 Å². The smallest absolute Gasteiger partial charge is 0.397 e. The Morgan fingerprint density at radius 1 is 0.694 bits per heavy atom. The Kier molecular flexibility index (Phi) is 27.9. The largest absolute Gasteiger partial charge is 0.457 e. The third-order valence-electron chi connectivity index (χ3n) is 8.98. The molecule has 292 valence electrons. The number of ether oxygens (including phenoxy) is 4. The minimum Gasteiger partial charge on any atom is -0.457 e. The predicted molar refractivity (Wildman–Crippen MR) is 188 cm³/mol. The molecule has 6 atom stereocenters. The molecule has 0 saturated carbocycles. The molecule has 13 heteroatoms. The molecule has 0 amide bonds. The molecular formula is C36H70O12S. The highest BCUT2D eigenvalue weighted by Gasteiger charge is 2.48. The average molecular weight is 727 g/mol. The summed E-state index contributed by atoms with van der Waals surface area (Å²) in [5, 5.41) is 30.5. The Morgan fingerprint density at radius 2 is 1.16 bits per heavy atom. The molecule has 1 saturated heterocycles. The summed E-state index contributed by atoms with van der Waals surface area (Å²) < 4.78 is 58.7. The first-order valence-electron chi connectivity index (χ1n) is 19.3. The summed E-state index contributed by atoms with van der Waals surface area (Å²) in [4.78, 5) is 12.7. The first kappa shape index (κ1) is 46.1. The van der Waals surface area contributed by atoms with Gasteiger partial charge in [0.25, 0.3) is 0 Å². The van der Waals surface area contributed by atoms with E-state index in [-0.39, 0.29) is 19.6 Å². The van der Waals surface area contributed by atoms with Gasteiger partial charge in [0, 0.05) is 13.0 Å². The molecule has 1 aliphatic rings. The van der Waals surface area contributed by atoms with Crippen LogP contribution >= 0.6 is 0 Å². The number of hydrogen-bond acceptors (Lipinski definition) is 11. The first-order valence-corrected chi connectivity index (χ1v) is 20.7. The fourth-order valence-electron chi connectivity index (χ4n) is 6.02. The van der Waals surface area contributed by atoms with E-state index in [1.165, 1.54) is 96.3 Å². The van der Waals surface area contributed by atoms with Crippen molar-refractivity contribution in [2.75, 3.05) is 26.4 Å². The van der Waals surface area contributed by atoms with Crippen molar-refractivity contribution < 1.29 is 56.2 Å². The maximum absolute atomic E-state index is 12.7. The number of hydrogen-bond donors (Lipinski definition) is 4. The molecule has 4 N–H and O–H groups in total. The van der Waals surface area contributed by atoms with Crippen molar-refractivity contribution in [1.82, 2.24) is 0 Å². The SMILES string of the molecule is CCCCCCCCCCCCCCCOCC(COC1OC(CO)C(O)C(OS(=O)(=O)O)C1O)OC(=O)CCCCCCCCCCC. The fraction of sp³-hybridized carbons (Fsp3) is 0.972. The van der Waals surface area contributed by atoms with Gasteiger partial charge in [-0.25, -0.2) is 4.18 Å². The van der Waals surface area contributed by atoms with Crippen LogP contribution in [0.5, 0.6) is 0 Å². The molecule has 6 unspecified atom stereocenters. The number of carbonyl (C=O) groups excluding carboxylic acids is 1. The first-order chi connectivity index (χ1) is 23.6. The number of aliphatic hydroxyl groups excluding tert-OH is 3. The van der Waals surface area contributed by atoms with Crippen molar-refractivity contribution in [3.8, 4) is 0 Å². The molecule has 0 bridgehead atoms. The molecule has 0 aromatic heterocycles. The predicted octanol–water partition coefficient (Wildman–Crippen LogP) is 6.57. The lowest BCUT2D eigenvalue weighted by Gasteiger charge is -2.41. The summed E-state index contributed by atoms with van der Waals surface area (Å²) in [5.41, 5.74) is 0. The number of aliphatic hydroxyl groups is 3. The van der Waals surface area contributed by atoms with Crippen molar-refractivity contribution in [1.29, 1.82) is 0 Å². The second-order valence-corrected chi connectivity index (χ2v) is 14.6. The monoisotopic (exact) mass is 726 g/mol. The molecule has 0 aliphatic carbocycles. The molecule has 0 aromatic rings. The number of rotatable bonds is 33. The van der Waals surface area contributed by atoms with E-state index in [0.717, 1.165) is 38.5 Å². The molecule has 0 aromatic carbocycles. The average Bonchev–Trinajstić information content (AvgIpc) is 3.06. The summed E-state index contributed by atoms with van der Waals surface area (Å²) in [6, 6.07) is 0. The van der Waals surface area contributed by atoms with Crippen LogP contribution in [-0.2, 0) is 38.3 Å². The van der Waals surface area contributed by atoms with E-state index in [0.29, 0.717) is 13.0 Å². The standard InChI is InChI=1S/C36H70O12S/c1-3-5-7-9-11-13-14-15-16-18-20-22-24-26-44-28-30(46-32(38)25-23-21-19-17-12-10-8-6-4-2)29-45-36-34(40)35(48-49(41,42)43)33(39)31(27-37)47-36/h30-31,33-37,39-40H,3-29H2,1-2H3,(H,41,42,43). The quantitative estimate of drug-likeness (QED) is 0.0325. The molecule has 1 aliphatic heterocycles. The summed E-state index contributed by atoms with van der Waals surface area (Å²) in [6.45, 7) is 3.96. The van der Waals surface area contributed by atoms with Gasteiger partial charge in [0.2, 0.25) is 0 Å². The van der Waals surface area contributed by atoms with E-state index in [9.17, 15) is 28.5 Å². The fourth-order valence-corrected chi connectivity index (χ4v) is 6.53. The van der Waals surface area contributed by atoms with Crippen LogP contribution in [0.25, 0.3) is 0 Å². The van der Waals surface area contributed by atoms with E-state index in [2.05, 4.69) is 18.0 Å². The van der Waals surface area contributed by atoms with Gasteiger partial charge in [-0.2, -0.15) is 8.42 Å². The van der Waals surface area contributed by atoms with Crippen LogP contribution in [0, 0.1) is 0 Å². The second kappa shape index (κ2) is 29.7. The summed E-state index contributed by atoms with van der Waals surface area (Å²) in [6.07, 6.45) is 17.2. The van der Waals surface area contributed by atoms with Gasteiger partial charge in [0.15, 0.2) is 6.29 Å². The number of esters is 1. The zero-order valence-electron chi connectivity index (χ0n) is 30.5. The molecular weight excluding hydrogens is 656 g/mol.